The predicted molar refractivity (Wildman–Crippen MR) is 83.7 cm³/mol. The van der Waals surface area contributed by atoms with Crippen LogP contribution in [0.5, 0.6) is 0 Å². The summed E-state index contributed by atoms with van der Waals surface area (Å²) in [5.74, 6) is 1.76. The van der Waals surface area contributed by atoms with Gasteiger partial charge in [0.25, 0.3) is 0 Å². The lowest BCUT2D eigenvalue weighted by molar-refractivity contribution is 0.565. The summed E-state index contributed by atoms with van der Waals surface area (Å²) in [4.78, 5) is 7.21. The molecule has 1 aromatic rings. The molecule has 0 spiro atoms. The fraction of sp³-hybridized carbons (Fsp3) is 0.688. The van der Waals surface area contributed by atoms with Crippen molar-refractivity contribution < 1.29 is 0 Å². The van der Waals surface area contributed by atoms with Crippen LogP contribution in [-0.2, 0) is 13.0 Å². The van der Waals surface area contributed by atoms with Crippen LogP contribution in [0.4, 0.5) is 5.82 Å². The van der Waals surface area contributed by atoms with Crippen LogP contribution in [0.25, 0.3) is 0 Å². The molecule has 0 atom stereocenters. The maximum atomic E-state index is 4.81. The number of nitrogens with one attached hydrogen (secondary N) is 1. The Balaban J connectivity index is 3.09. The third kappa shape index (κ3) is 4.83. The minimum Gasteiger partial charge on any atom is -0.354 e. The van der Waals surface area contributed by atoms with E-state index >= 15 is 0 Å². The van der Waals surface area contributed by atoms with Crippen LogP contribution < -0.4 is 10.2 Å². The highest BCUT2D eigenvalue weighted by atomic mass is 15.2. The summed E-state index contributed by atoms with van der Waals surface area (Å²) in [6.07, 6.45) is 0.984. The molecular formula is C16H29N3. The quantitative estimate of drug-likeness (QED) is 0.818. The molecule has 1 aromatic heterocycles. The van der Waals surface area contributed by atoms with Crippen LogP contribution in [0.2, 0.25) is 0 Å². The fourth-order valence-corrected chi connectivity index (χ4v) is 2.23. The van der Waals surface area contributed by atoms with Gasteiger partial charge >= 0.3 is 0 Å². The highest BCUT2D eigenvalue weighted by molar-refractivity contribution is 5.43. The molecule has 0 aliphatic carbocycles. The van der Waals surface area contributed by atoms with Crippen molar-refractivity contribution >= 4 is 5.82 Å². The number of hydrogen-bond acceptors (Lipinski definition) is 3. The molecule has 0 radical (unpaired) electrons. The van der Waals surface area contributed by atoms with Crippen molar-refractivity contribution in [3.8, 4) is 0 Å². The van der Waals surface area contributed by atoms with Crippen molar-refractivity contribution in [2.75, 3.05) is 18.5 Å². The number of nitrogens with zero attached hydrogens (tertiary/aromatic N) is 2. The van der Waals surface area contributed by atoms with Crippen molar-refractivity contribution in [2.45, 2.75) is 53.6 Å². The Morgan fingerprint density at radius 2 is 1.89 bits per heavy atom. The van der Waals surface area contributed by atoms with Gasteiger partial charge < -0.3 is 10.2 Å². The van der Waals surface area contributed by atoms with Gasteiger partial charge in [-0.1, -0.05) is 20.8 Å². The Morgan fingerprint density at radius 1 is 1.21 bits per heavy atom. The molecule has 0 aromatic carbocycles. The summed E-state index contributed by atoms with van der Waals surface area (Å²) in [5, 5.41) is 3.23. The van der Waals surface area contributed by atoms with E-state index in [4.69, 9.17) is 4.98 Å². The van der Waals surface area contributed by atoms with Crippen LogP contribution in [0.15, 0.2) is 12.1 Å². The van der Waals surface area contributed by atoms with E-state index in [1.165, 1.54) is 11.3 Å². The lowest BCUT2D eigenvalue weighted by atomic mass is 10.1. The number of pyridine rings is 1. The van der Waals surface area contributed by atoms with Crippen molar-refractivity contribution in [3.63, 3.8) is 0 Å². The Morgan fingerprint density at radius 3 is 2.37 bits per heavy atom. The molecule has 0 saturated carbocycles. The summed E-state index contributed by atoms with van der Waals surface area (Å²) in [6, 6.07) is 4.90. The largest absolute Gasteiger partial charge is 0.354 e. The van der Waals surface area contributed by atoms with Crippen LogP contribution in [0.3, 0.4) is 0 Å². The smallest absolute Gasteiger partial charge is 0.129 e. The van der Waals surface area contributed by atoms with E-state index in [1.54, 1.807) is 0 Å². The first-order valence-corrected chi connectivity index (χ1v) is 7.39. The first kappa shape index (κ1) is 16.0. The number of anilines is 1. The van der Waals surface area contributed by atoms with Gasteiger partial charge in [-0.05, 0) is 50.9 Å². The van der Waals surface area contributed by atoms with Gasteiger partial charge in [0.05, 0.1) is 0 Å². The van der Waals surface area contributed by atoms with E-state index in [9.17, 15) is 0 Å². The van der Waals surface area contributed by atoms with Gasteiger partial charge in [-0.25, -0.2) is 4.98 Å². The third-order valence-corrected chi connectivity index (χ3v) is 3.15. The zero-order valence-electron chi connectivity index (χ0n) is 13.3. The molecule has 1 N–H and O–H groups in total. The molecule has 19 heavy (non-hydrogen) atoms. The SMILES string of the molecule is CCc1cc(CNC)cc(N(CC(C)C)C(C)C)n1. The second kappa shape index (κ2) is 7.49. The lowest BCUT2D eigenvalue weighted by Crippen LogP contribution is -2.35. The maximum absolute atomic E-state index is 4.81. The predicted octanol–water partition coefficient (Wildman–Crippen LogP) is 3.23. The maximum Gasteiger partial charge on any atom is 0.129 e. The van der Waals surface area contributed by atoms with Gasteiger partial charge in [0.1, 0.15) is 5.82 Å². The Bertz CT molecular complexity index is 386. The molecular weight excluding hydrogens is 234 g/mol. The molecule has 1 heterocycles. The molecule has 0 fully saturated rings. The molecule has 0 aliphatic rings. The van der Waals surface area contributed by atoms with E-state index in [-0.39, 0.29) is 0 Å². The van der Waals surface area contributed by atoms with Crippen molar-refractivity contribution in [2.24, 2.45) is 5.92 Å². The summed E-state index contributed by atoms with van der Waals surface area (Å²) in [5.41, 5.74) is 2.50. The molecule has 0 bridgehead atoms. The number of rotatable bonds is 7. The zero-order valence-corrected chi connectivity index (χ0v) is 13.3. The van der Waals surface area contributed by atoms with Gasteiger partial charge in [0, 0.05) is 24.8 Å². The monoisotopic (exact) mass is 263 g/mol. The molecule has 0 saturated heterocycles. The van der Waals surface area contributed by atoms with E-state index in [2.05, 4.69) is 57.0 Å². The molecule has 1 rings (SSSR count). The van der Waals surface area contributed by atoms with Crippen LogP contribution in [-0.4, -0.2) is 24.6 Å². The van der Waals surface area contributed by atoms with Crippen LogP contribution >= 0.6 is 0 Å². The van der Waals surface area contributed by atoms with Gasteiger partial charge in [-0.2, -0.15) is 0 Å². The normalized spacial score (nSPS) is 11.4. The third-order valence-electron chi connectivity index (χ3n) is 3.15. The van der Waals surface area contributed by atoms with E-state index in [0.29, 0.717) is 12.0 Å². The van der Waals surface area contributed by atoms with Crippen LogP contribution in [0, 0.1) is 5.92 Å². The summed E-state index contributed by atoms with van der Waals surface area (Å²) in [7, 11) is 1.99. The first-order valence-electron chi connectivity index (χ1n) is 7.39. The van der Waals surface area contributed by atoms with Crippen molar-refractivity contribution in [3.05, 3.63) is 23.4 Å². The second-order valence-electron chi connectivity index (χ2n) is 5.85. The van der Waals surface area contributed by atoms with Crippen molar-refractivity contribution in [1.82, 2.24) is 10.3 Å². The minimum absolute atomic E-state index is 0.476. The molecule has 0 unspecified atom stereocenters. The topological polar surface area (TPSA) is 28.2 Å². The molecule has 0 aliphatic heterocycles. The molecule has 3 heteroatoms. The standard InChI is InChI=1S/C16H29N3/c1-7-15-8-14(10-17-6)9-16(18-15)19(13(4)5)11-12(2)3/h8-9,12-13,17H,7,10-11H2,1-6H3. The Kier molecular flexibility index (Phi) is 6.29. The second-order valence-corrected chi connectivity index (χ2v) is 5.85. The average molecular weight is 263 g/mol. The highest BCUT2D eigenvalue weighted by Crippen LogP contribution is 2.19. The molecule has 0 amide bonds. The van der Waals surface area contributed by atoms with Gasteiger partial charge in [-0.3, -0.25) is 0 Å². The van der Waals surface area contributed by atoms with E-state index < -0.39 is 0 Å². The fourth-order valence-electron chi connectivity index (χ4n) is 2.23. The summed E-state index contributed by atoms with van der Waals surface area (Å²) >= 11 is 0. The van der Waals surface area contributed by atoms with Gasteiger partial charge in [-0.15, -0.1) is 0 Å². The minimum atomic E-state index is 0.476. The Hall–Kier alpha value is -1.09. The number of hydrogen-bond donors (Lipinski definition) is 1. The average Bonchev–Trinajstić information content (AvgIpc) is 2.35. The number of aryl methyl sites for hydroxylation is 1. The first-order chi connectivity index (χ1) is 8.97. The van der Waals surface area contributed by atoms with E-state index in [0.717, 1.165) is 25.3 Å². The van der Waals surface area contributed by atoms with Crippen molar-refractivity contribution in [1.29, 1.82) is 0 Å². The zero-order chi connectivity index (χ0) is 14.4. The summed E-state index contributed by atoms with van der Waals surface area (Å²) in [6.45, 7) is 13.1. The van der Waals surface area contributed by atoms with Gasteiger partial charge in [0.15, 0.2) is 0 Å². The molecule has 108 valence electrons. The van der Waals surface area contributed by atoms with Crippen LogP contribution in [0.1, 0.15) is 45.9 Å². The highest BCUT2D eigenvalue weighted by Gasteiger charge is 2.14. The summed E-state index contributed by atoms with van der Waals surface area (Å²) < 4.78 is 0. The number of aromatic nitrogens is 1. The Labute approximate surface area is 118 Å². The van der Waals surface area contributed by atoms with Gasteiger partial charge in [0.2, 0.25) is 0 Å². The lowest BCUT2D eigenvalue weighted by Gasteiger charge is -2.30. The molecule has 3 nitrogen and oxygen atoms in total. The van der Waals surface area contributed by atoms with E-state index in [1.807, 2.05) is 7.05 Å².